The lowest BCUT2D eigenvalue weighted by Gasteiger charge is -2.05. The van der Waals surface area contributed by atoms with E-state index in [4.69, 9.17) is 4.42 Å². The fraction of sp³-hybridized carbons (Fsp3) is 0.455. The van der Waals surface area contributed by atoms with Crippen molar-refractivity contribution in [3.63, 3.8) is 0 Å². The zero-order valence-corrected chi connectivity index (χ0v) is 10.5. The van der Waals surface area contributed by atoms with Gasteiger partial charge in [0, 0.05) is 14.1 Å². The van der Waals surface area contributed by atoms with Gasteiger partial charge in [-0.15, -0.1) is 0 Å². The number of carbonyl (C=O) groups excluding carboxylic acids is 1. The molecule has 0 unspecified atom stereocenters. The number of carbonyl (C=O) groups is 1. The maximum absolute atomic E-state index is 11.4. The van der Waals surface area contributed by atoms with Gasteiger partial charge in [0.2, 0.25) is 0 Å². The average Bonchev–Trinajstić information content (AvgIpc) is 2.71. The number of aryl methyl sites for hydroxylation is 1. The lowest BCUT2D eigenvalue weighted by atomic mass is 10.2. The van der Waals surface area contributed by atoms with Gasteiger partial charge in [0.1, 0.15) is 17.1 Å². The summed E-state index contributed by atoms with van der Waals surface area (Å²) in [5, 5.41) is 5.91. The van der Waals surface area contributed by atoms with Crippen molar-refractivity contribution in [2.45, 2.75) is 13.5 Å². The molecule has 1 aromatic rings. The number of esters is 1. The molecule has 1 rings (SSSR count). The quantitative estimate of drug-likeness (QED) is 0.460. The first-order valence-corrected chi connectivity index (χ1v) is 5.18. The van der Waals surface area contributed by atoms with Crippen LogP contribution in [0.2, 0.25) is 0 Å². The fourth-order valence-electron chi connectivity index (χ4n) is 1.39. The smallest absolute Gasteiger partial charge is 0.341 e. The molecule has 0 fully saturated rings. The van der Waals surface area contributed by atoms with Crippen molar-refractivity contribution in [3.05, 3.63) is 23.2 Å². The van der Waals surface area contributed by atoms with Crippen LogP contribution in [0.3, 0.4) is 0 Å². The highest BCUT2D eigenvalue weighted by molar-refractivity contribution is 5.90. The fourth-order valence-corrected chi connectivity index (χ4v) is 1.39. The third-order valence-corrected chi connectivity index (χ3v) is 2.26. The molecule has 17 heavy (non-hydrogen) atoms. The van der Waals surface area contributed by atoms with Gasteiger partial charge in [-0.2, -0.15) is 0 Å². The van der Waals surface area contributed by atoms with E-state index in [1.54, 1.807) is 27.1 Å². The number of furan rings is 1. The maximum atomic E-state index is 11.4. The van der Waals surface area contributed by atoms with Gasteiger partial charge in [0.25, 0.3) is 0 Å². The molecule has 1 aromatic heterocycles. The van der Waals surface area contributed by atoms with Crippen LogP contribution in [0.1, 0.15) is 21.9 Å². The van der Waals surface area contributed by atoms with Crippen LogP contribution in [-0.2, 0) is 11.3 Å². The zero-order chi connectivity index (χ0) is 12.8. The predicted molar refractivity (Wildman–Crippen MR) is 64.0 cm³/mol. The van der Waals surface area contributed by atoms with Crippen molar-refractivity contribution in [2.24, 2.45) is 4.99 Å². The van der Waals surface area contributed by atoms with Gasteiger partial charge in [-0.25, -0.2) is 4.79 Å². The van der Waals surface area contributed by atoms with E-state index in [0.717, 1.165) is 0 Å². The molecular weight excluding hydrogens is 222 g/mol. The van der Waals surface area contributed by atoms with E-state index < -0.39 is 5.97 Å². The molecular formula is C11H17N3O3. The summed E-state index contributed by atoms with van der Waals surface area (Å²) >= 11 is 0. The van der Waals surface area contributed by atoms with E-state index in [-0.39, 0.29) is 0 Å². The van der Waals surface area contributed by atoms with Crippen molar-refractivity contribution >= 4 is 11.9 Å². The number of guanidine groups is 1. The minimum Gasteiger partial charge on any atom is -0.465 e. The summed E-state index contributed by atoms with van der Waals surface area (Å²) in [5.41, 5.74) is 0.448. The second kappa shape index (κ2) is 5.93. The second-order valence-corrected chi connectivity index (χ2v) is 3.35. The summed E-state index contributed by atoms with van der Waals surface area (Å²) in [6, 6.07) is 1.66. The van der Waals surface area contributed by atoms with Gasteiger partial charge in [-0.3, -0.25) is 4.99 Å². The van der Waals surface area contributed by atoms with Gasteiger partial charge in [0.05, 0.1) is 13.7 Å². The Kier molecular flexibility index (Phi) is 4.56. The number of rotatable bonds is 3. The van der Waals surface area contributed by atoms with Crippen LogP contribution in [0.5, 0.6) is 0 Å². The van der Waals surface area contributed by atoms with Gasteiger partial charge in [-0.05, 0) is 13.0 Å². The summed E-state index contributed by atoms with van der Waals surface area (Å²) < 4.78 is 10.1. The van der Waals surface area contributed by atoms with Crippen LogP contribution in [0.15, 0.2) is 15.5 Å². The molecule has 0 radical (unpaired) electrons. The highest BCUT2D eigenvalue weighted by Gasteiger charge is 2.15. The number of hydrogen-bond acceptors (Lipinski definition) is 4. The SMILES string of the molecule is CN=C(NC)NCc1cc(C(=O)OC)c(C)o1. The number of hydrogen-bond donors (Lipinski definition) is 2. The van der Waals surface area contributed by atoms with Crippen LogP contribution >= 0.6 is 0 Å². The zero-order valence-electron chi connectivity index (χ0n) is 10.5. The van der Waals surface area contributed by atoms with E-state index >= 15 is 0 Å². The van der Waals surface area contributed by atoms with Crippen LogP contribution in [0.4, 0.5) is 0 Å². The molecule has 0 aliphatic heterocycles. The molecule has 0 spiro atoms. The maximum Gasteiger partial charge on any atom is 0.341 e. The van der Waals surface area contributed by atoms with Crippen LogP contribution < -0.4 is 10.6 Å². The van der Waals surface area contributed by atoms with Crippen LogP contribution in [-0.4, -0.2) is 33.1 Å². The Bertz CT molecular complexity index is 424. The standard InChI is InChI=1S/C11H17N3O3/c1-7-9(10(15)16-4)5-8(17-7)6-14-11(12-2)13-3/h5H,6H2,1-4H3,(H2,12,13,14). The Morgan fingerprint density at radius 1 is 1.59 bits per heavy atom. The monoisotopic (exact) mass is 239 g/mol. The summed E-state index contributed by atoms with van der Waals surface area (Å²) in [5.74, 6) is 1.46. The topological polar surface area (TPSA) is 75.9 Å². The predicted octanol–water partition coefficient (Wildman–Crippen LogP) is 0.669. The van der Waals surface area contributed by atoms with Crippen molar-refractivity contribution < 1.29 is 13.9 Å². The first-order chi connectivity index (χ1) is 8.12. The molecule has 1 heterocycles. The van der Waals surface area contributed by atoms with E-state index in [1.807, 2.05) is 0 Å². The molecule has 2 N–H and O–H groups in total. The molecule has 0 saturated heterocycles. The summed E-state index contributed by atoms with van der Waals surface area (Å²) in [7, 11) is 4.78. The van der Waals surface area contributed by atoms with Crippen molar-refractivity contribution in [3.8, 4) is 0 Å². The Hall–Kier alpha value is -1.98. The lowest BCUT2D eigenvalue weighted by Crippen LogP contribution is -2.33. The van der Waals surface area contributed by atoms with Crippen molar-refractivity contribution in [1.82, 2.24) is 10.6 Å². The van der Waals surface area contributed by atoms with E-state index in [1.165, 1.54) is 7.11 Å². The number of nitrogens with zero attached hydrogens (tertiary/aromatic N) is 1. The second-order valence-electron chi connectivity index (χ2n) is 3.35. The highest BCUT2D eigenvalue weighted by atomic mass is 16.5. The number of nitrogens with one attached hydrogen (secondary N) is 2. The molecule has 6 heteroatoms. The first-order valence-electron chi connectivity index (χ1n) is 5.18. The molecule has 0 aliphatic rings. The van der Waals surface area contributed by atoms with Crippen molar-refractivity contribution in [2.75, 3.05) is 21.2 Å². The summed E-state index contributed by atoms with van der Waals surface area (Å²) in [6.07, 6.45) is 0. The largest absolute Gasteiger partial charge is 0.465 e. The molecule has 94 valence electrons. The lowest BCUT2D eigenvalue weighted by molar-refractivity contribution is 0.0599. The molecule has 6 nitrogen and oxygen atoms in total. The van der Waals surface area contributed by atoms with E-state index in [0.29, 0.717) is 29.6 Å². The molecule has 0 aromatic carbocycles. The normalized spacial score (nSPS) is 11.2. The van der Waals surface area contributed by atoms with E-state index in [2.05, 4.69) is 20.4 Å². The molecule has 0 amide bonds. The molecule has 0 atom stereocenters. The van der Waals surface area contributed by atoms with Crippen LogP contribution in [0.25, 0.3) is 0 Å². The number of ether oxygens (including phenoxy) is 1. The number of methoxy groups -OCH3 is 1. The van der Waals surface area contributed by atoms with Crippen molar-refractivity contribution in [1.29, 1.82) is 0 Å². The Labute approximate surface area is 100 Å². The summed E-state index contributed by atoms with van der Waals surface area (Å²) in [6.45, 7) is 2.17. The minimum atomic E-state index is -0.393. The van der Waals surface area contributed by atoms with Gasteiger partial charge in [0.15, 0.2) is 5.96 Å². The average molecular weight is 239 g/mol. The minimum absolute atomic E-state index is 0.393. The Morgan fingerprint density at radius 2 is 2.29 bits per heavy atom. The Balaban J connectivity index is 2.71. The van der Waals surface area contributed by atoms with E-state index in [9.17, 15) is 4.79 Å². The molecule has 0 bridgehead atoms. The summed E-state index contributed by atoms with van der Waals surface area (Å²) in [4.78, 5) is 15.3. The molecule has 0 aliphatic carbocycles. The van der Waals surface area contributed by atoms with Gasteiger partial charge < -0.3 is 19.8 Å². The van der Waals surface area contributed by atoms with Gasteiger partial charge in [-0.1, -0.05) is 0 Å². The third kappa shape index (κ3) is 3.24. The third-order valence-electron chi connectivity index (χ3n) is 2.26. The molecule has 0 saturated carbocycles. The van der Waals surface area contributed by atoms with Crippen LogP contribution in [0, 0.1) is 6.92 Å². The Morgan fingerprint density at radius 3 is 2.82 bits per heavy atom. The number of aliphatic imine (C=N–C) groups is 1. The van der Waals surface area contributed by atoms with Gasteiger partial charge >= 0.3 is 5.97 Å². The first kappa shape index (κ1) is 13.1. The highest BCUT2D eigenvalue weighted by Crippen LogP contribution is 2.15.